The number of fused-ring (bicyclic) bond motifs is 3. The first-order valence-corrected chi connectivity index (χ1v) is 8.96. The molecular weight excluding hydrogens is 313 g/mol. The Morgan fingerprint density at radius 2 is 2.00 bits per heavy atom. The van der Waals surface area contributed by atoms with E-state index in [2.05, 4.69) is 29.5 Å². The first-order valence-electron chi connectivity index (χ1n) is 8.96. The molecule has 0 fully saturated rings. The van der Waals surface area contributed by atoms with E-state index in [0.29, 0.717) is 5.92 Å². The summed E-state index contributed by atoms with van der Waals surface area (Å²) in [6.45, 7) is 5.34. The average molecular weight is 335 g/mol. The van der Waals surface area contributed by atoms with Gasteiger partial charge in [0.2, 0.25) is 0 Å². The summed E-state index contributed by atoms with van der Waals surface area (Å²) in [5.74, 6) is 0.217. The number of benzene rings is 1. The van der Waals surface area contributed by atoms with Gasteiger partial charge in [0, 0.05) is 48.2 Å². The van der Waals surface area contributed by atoms with Gasteiger partial charge in [-0.1, -0.05) is 19.1 Å². The second kappa shape index (κ2) is 5.15. The Morgan fingerprint density at radius 1 is 1.20 bits per heavy atom. The van der Waals surface area contributed by atoms with Gasteiger partial charge in [0.05, 0.1) is 0 Å². The third kappa shape index (κ3) is 2.17. The Labute approximate surface area is 147 Å². The largest absolute Gasteiger partial charge is 0.328 e. The predicted octanol–water partition coefficient (Wildman–Crippen LogP) is 4.07. The third-order valence-electron chi connectivity index (χ3n) is 5.98. The van der Waals surface area contributed by atoms with Crippen molar-refractivity contribution in [1.29, 1.82) is 0 Å². The number of pyridine rings is 1. The monoisotopic (exact) mass is 335 g/mol. The van der Waals surface area contributed by atoms with Crippen LogP contribution in [0.2, 0.25) is 0 Å². The molecule has 2 aliphatic rings. The molecule has 2 unspecified atom stereocenters. The summed E-state index contributed by atoms with van der Waals surface area (Å²) in [4.78, 5) is 7.13. The van der Waals surface area contributed by atoms with Gasteiger partial charge in [-0.05, 0) is 48.9 Å². The van der Waals surface area contributed by atoms with E-state index in [1.165, 1.54) is 22.2 Å². The number of nitrogens with zero attached hydrogens (tertiary/aromatic N) is 3. The summed E-state index contributed by atoms with van der Waals surface area (Å²) in [6.07, 6.45) is 2.98. The fourth-order valence-electron chi connectivity index (χ4n) is 5.22. The Hall–Kier alpha value is -2.20. The molecule has 4 heteroatoms. The van der Waals surface area contributed by atoms with Crippen molar-refractivity contribution in [3.05, 3.63) is 65.2 Å². The van der Waals surface area contributed by atoms with Crippen molar-refractivity contribution in [2.75, 3.05) is 13.6 Å². The van der Waals surface area contributed by atoms with Crippen molar-refractivity contribution in [2.45, 2.75) is 37.8 Å². The Bertz CT molecular complexity index is 959. The van der Waals surface area contributed by atoms with Crippen molar-refractivity contribution in [2.24, 2.45) is 0 Å². The lowest BCUT2D eigenvalue weighted by molar-refractivity contribution is 0.177. The zero-order valence-electron chi connectivity index (χ0n) is 14.7. The highest BCUT2D eigenvalue weighted by atomic mass is 19.1. The van der Waals surface area contributed by atoms with E-state index in [4.69, 9.17) is 4.98 Å². The summed E-state index contributed by atoms with van der Waals surface area (Å²) < 4.78 is 15.8. The fraction of sp³-hybridized carbons (Fsp3) is 0.381. The van der Waals surface area contributed by atoms with Crippen LogP contribution in [0.4, 0.5) is 4.39 Å². The molecule has 2 atom stereocenters. The molecule has 3 aromatic rings. The molecule has 3 nitrogen and oxygen atoms in total. The molecule has 4 heterocycles. The SMILES string of the molecule is CN1Cc2c3n(c4ncccc24)CC(c2ccc(F)cc2)CC3(C)C1. The fourth-order valence-corrected chi connectivity index (χ4v) is 5.22. The highest BCUT2D eigenvalue weighted by molar-refractivity contribution is 5.83. The van der Waals surface area contributed by atoms with Crippen LogP contribution in [0, 0.1) is 5.82 Å². The maximum absolute atomic E-state index is 13.4. The third-order valence-corrected chi connectivity index (χ3v) is 5.98. The van der Waals surface area contributed by atoms with E-state index in [-0.39, 0.29) is 11.2 Å². The lowest BCUT2D eigenvalue weighted by Gasteiger charge is -2.45. The van der Waals surface area contributed by atoms with Crippen LogP contribution in [0.5, 0.6) is 0 Å². The maximum Gasteiger partial charge on any atom is 0.140 e. The number of rotatable bonds is 1. The molecule has 2 aliphatic heterocycles. The van der Waals surface area contributed by atoms with Crippen molar-refractivity contribution in [3.8, 4) is 0 Å². The molecular formula is C21H22FN3. The zero-order valence-corrected chi connectivity index (χ0v) is 14.7. The summed E-state index contributed by atoms with van der Waals surface area (Å²) in [5.41, 5.74) is 5.33. The molecule has 0 radical (unpaired) electrons. The van der Waals surface area contributed by atoms with E-state index in [9.17, 15) is 4.39 Å². The van der Waals surface area contributed by atoms with E-state index in [1.807, 2.05) is 24.4 Å². The van der Waals surface area contributed by atoms with Gasteiger partial charge in [0.1, 0.15) is 11.5 Å². The minimum Gasteiger partial charge on any atom is -0.328 e. The van der Waals surface area contributed by atoms with Crippen molar-refractivity contribution >= 4 is 11.0 Å². The standard InChI is InChI=1S/C21H22FN3/c1-21-10-15(14-5-7-16(22)8-6-14)11-25-19(21)18(12-24(2)13-21)17-4-3-9-23-20(17)25/h3-9,15H,10-13H2,1-2H3. The van der Waals surface area contributed by atoms with Crippen LogP contribution in [-0.4, -0.2) is 28.0 Å². The van der Waals surface area contributed by atoms with E-state index < -0.39 is 0 Å². The summed E-state index contributed by atoms with van der Waals surface area (Å²) >= 11 is 0. The van der Waals surface area contributed by atoms with Crippen LogP contribution >= 0.6 is 0 Å². The minimum absolute atomic E-state index is 0.0976. The van der Waals surface area contributed by atoms with Crippen molar-refractivity contribution in [1.82, 2.24) is 14.5 Å². The molecule has 5 rings (SSSR count). The van der Waals surface area contributed by atoms with Gasteiger partial charge in [0.25, 0.3) is 0 Å². The molecule has 25 heavy (non-hydrogen) atoms. The summed E-state index contributed by atoms with van der Waals surface area (Å²) in [5, 5.41) is 1.29. The van der Waals surface area contributed by atoms with Gasteiger partial charge in [-0.3, -0.25) is 0 Å². The van der Waals surface area contributed by atoms with Gasteiger partial charge in [-0.2, -0.15) is 0 Å². The average Bonchev–Trinajstić information content (AvgIpc) is 2.90. The minimum atomic E-state index is -0.167. The lowest BCUT2D eigenvalue weighted by Crippen LogP contribution is -2.47. The van der Waals surface area contributed by atoms with E-state index in [0.717, 1.165) is 31.7 Å². The molecule has 0 spiro atoms. The van der Waals surface area contributed by atoms with Gasteiger partial charge >= 0.3 is 0 Å². The lowest BCUT2D eigenvalue weighted by atomic mass is 9.70. The quantitative estimate of drug-likeness (QED) is 0.668. The highest BCUT2D eigenvalue weighted by Gasteiger charge is 2.44. The second-order valence-corrected chi connectivity index (χ2v) is 8.00. The Balaban J connectivity index is 1.72. The maximum atomic E-state index is 13.4. The topological polar surface area (TPSA) is 21.1 Å². The summed E-state index contributed by atoms with van der Waals surface area (Å²) in [7, 11) is 2.20. The van der Waals surface area contributed by atoms with Crippen molar-refractivity contribution < 1.29 is 4.39 Å². The van der Waals surface area contributed by atoms with Crippen LogP contribution in [0.25, 0.3) is 11.0 Å². The number of halogens is 1. The van der Waals surface area contributed by atoms with Crippen molar-refractivity contribution in [3.63, 3.8) is 0 Å². The first kappa shape index (κ1) is 15.1. The van der Waals surface area contributed by atoms with Crippen LogP contribution < -0.4 is 0 Å². The van der Waals surface area contributed by atoms with E-state index >= 15 is 0 Å². The molecule has 1 aromatic carbocycles. The van der Waals surface area contributed by atoms with Gasteiger partial charge in [-0.15, -0.1) is 0 Å². The molecule has 2 aromatic heterocycles. The Kier molecular flexibility index (Phi) is 3.11. The van der Waals surface area contributed by atoms with E-state index in [1.54, 1.807) is 12.1 Å². The molecule has 0 bridgehead atoms. The van der Waals surface area contributed by atoms with Crippen LogP contribution in [0.15, 0.2) is 42.6 Å². The van der Waals surface area contributed by atoms with Gasteiger partial charge in [0.15, 0.2) is 0 Å². The molecule has 0 N–H and O–H groups in total. The molecule has 0 saturated heterocycles. The van der Waals surface area contributed by atoms with Gasteiger partial charge < -0.3 is 9.47 Å². The summed E-state index contributed by atoms with van der Waals surface area (Å²) in [6, 6.07) is 11.3. The number of likely N-dealkylation sites (N-methyl/N-ethyl adjacent to an activating group) is 1. The molecule has 0 saturated carbocycles. The zero-order chi connectivity index (χ0) is 17.2. The highest BCUT2D eigenvalue weighted by Crippen LogP contribution is 2.48. The number of hydrogen-bond donors (Lipinski definition) is 0. The smallest absolute Gasteiger partial charge is 0.140 e. The normalized spacial score (nSPS) is 26.0. The van der Waals surface area contributed by atoms with Crippen LogP contribution in [0.3, 0.4) is 0 Å². The first-order chi connectivity index (χ1) is 12.0. The predicted molar refractivity (Wildman–Crippen MR) is 97.2 cm³/mol. The Morgan fingerprint density at radius 3 is 2.80 bits per heavy atom. The van der Waals surface area contributed by atoms with Gasteiger partial charge in [-0.25, -0.2) is 9.37 Å². The molecule has 0 aliphatic carbocycles. The number of aromatic nitrogens is 2. The second-order valence-electron chi connectivity index (χ2n) is 8.00. The number of hydrogen-bond acceptors (Lipinski definition) is 2. The van der Waals surface area contributed by atoms with Crippen LogP contribution in [0.1, 0.15) is 36.1 Å². The molecule has 128 valence electrons. The van der Waals surface area contributed by atoms with Crippen LogP contribution in [-0.2, 0) is 18.5 Å². The molecule has 0 amide bonds.